The summed E-state index contributed by atoms with van der Waals surface area (Å²) in [4.78, 5) is 0. The summed E-state index contributed by atoms with van der Waals surface area (Å²) in [5.41, 5.74) is 1.27. The molecule has 2 unspecified atom stereocenters. The number of ether oxygens (including phenoxy) is 1. The van der Waals surface area contributed by atoms with Crippen LogP contribution in [0.1, 0.15) is 18.6 Å². The molecule has 0 aromatic heterocycles. The van der Waals surface area contributed by atoms with Crippen LogP contribution in [0.5, 0.6) is 0 Å². The molecular weight excluding hydrogens is 233 g/mol. The first-order valence-electron chi connectivity index (χ1n) is 4.78. The number of rotatable bonds is 1. The molecule has 0 amide bonds. The Morgan fingerprint density at radius 1 is 1.20 bits per heavy atom. The standard InChI is InChI=1S/C11H15NO.2ClH/c1-9-11(13-8-7-12-9)10-5-3-2-4-6-10;;/h2-6,9,11-12H,7-8H2,1H3;2*1H. The van der Waals surface area contributed by atoms with E-state index in [-0.39, 0.29) is 30.9 Å². The van der Waals surface area contributed by atoms with Gasteiger partial charge in [0, 0.05) is 12.6 Å². The van der Waals surface area contributed by atoms with Crippen molar-refractivity contribution in [3.8, 4) is 0 Å². The Bertz CT molecular complexity index is 269. The molecule has 1 N–H and O–H groups in total. The maximum atomic E-state index is 5.71. The lowest BCUT2D eigenvalue weighted by molar-refractivity contribution is -0.000221. The minimum Gasteiger partial charge on any atom is -0.371 e. The highest BCUT2D eigenvalue weighted by molar-refractivity contribution is 5.85. The van der Waals surface area contributed by atoms with Gasteiger partial charge in [-0.2, -0.15) is 0 Å². The van der Waals surface area contributed by atoms with E-state index in [9.17, 15) is 0 Å². The summed E-state index contributed by atoms with van der Waals surface area (Å²) >= 11 is 0. The third-order valence-corrected chi connectivity index (χ3v) is 2.45. The molecule has 0 spiro atoms. The Kier molecular flexibility index (Phi) is 6.94. The van der Waals surface area contributed by atoms with Crippen LogP contribution in [0, 0.1) is 0 Å². The second kappa shape index (κ2) is 7.07. The van der Waals surface area contributed by atoms with Gasteiger partial charge in [-0.25, -0.2) is 0 Å². The van der Waals surface area contributed by atoms with E-state index in [4.69, 9.17) is 4.74 Å². The smallest absolute Gasteiger partial charge is 0.0975 e. The molecule has 0 saturated carbocycles. The van der Waals surface area contributed by atoms with Crippen LogP contribution < -0.4 is 5.32 Å². The third kappa shape index (κ3) is 3.65. The quantitative estimate of drug-likeness (QED) is 0.827. The lowest BCUT2D eigenvalue weighted by Crippen LogP contribution is -2.41. The number of halogens is 2. The van der Waals surface area contributed by atoms with E-state index in [0.717, 1.165) is 13.2 Å². The van der Waals surface area contributed by atoms with Crippen LogP contribution in [0.4, 0.5) is 0 Å². The number of morpholine rings is 1. The second-order valence-electron chi connectivity index (χ2n) is 3.44. The summed E-state index contributed by atoms with van der Waals surface area (Å²) in [6, 6.07) is 10.8. The lowest BCUT2D eigenvalue weighted by Gasteiger charge is -2.30. The van der Waals surface area contributed by atoms with Crippen LogP contribution in [0.25, 0.3) is 0 Å². The molecule has 0 bridgehead atoms. The van der Waals surface area contributed by atoms with Crippen LogP contribution in [-0.2, 0) is 4.74 Å². The summed E-state index contributed by atoms with van der Waals surface area (Å²) in [5.74, 6) is 0. The minimum atomic E-state index is 0. The van der Waals surface area contributed by atoms with Crippen molar-refractivity contribution in [1.29, 1.82) is 0 Å². The summed E-state index contributed by atoms with van der Waals surface area (Å²) in [6.45, 7) is 3.94. The molecule has 2 nitrogen and oxygen atoms in total. The van der Waals surface area contributed by atoms with Gasteiger partial charge in [-0.3, -0.25) is 0 Å². The molecule has 86 valence electrons. The first-order valence-corrected chi connectivity index (χ1v) is 4.78. The Morgan fingerprint density at radius 2 is 1.87 bits per heavy atom. The molecule has 1 heterocycles. The van der Waals surface area contributed by atoms with Gasteiger partial charge in [0.25, 0.3) is 0 Å². The number of benzene rings is 1. The molecule has 1 aromatic carbocycles. The molecule has 2 rings (SSSR count). The molecule has 1 fully saturated rings. The molecule has 1 aromatic rings. The zero-order chi connectivity index (χ0) is 9.10. The molecule has 1 aliphatic heterocycles. The minimum absolute atomic E-state index is 0. The summed E-state index contributed by atoms with van der Waals surface area (Å²) in [7, 11) is 0. The second-order valence-corrected chi connectivity index (χ2v) is 3.44. The van der Waals surface area contributed by atoms with Gasteiger partial charge in [-0.15, -0.1) is 24.8 Å². The lowest BCUT2D eigenvalue weighted by atomic mass is 10.0. The normalized spacial score (nSPS) is 24.9. The largest absolute Gasteiger partial charge is 0.371 e. The van der Waals surface area contributed by atoms with Crippen LogP contribution in [0.2, 0.25) is 0 Å². The van der Waals surface area contributed by atoms with Crippen molar-refractivity contribution in [3.63, 3.8) is 0 Å². The molecule has 1 aliphatic rings. The average Bonchev–Trinajstić information content (AvgIpc) is 2.20. The van der Waals surface area contributed by atoms with Crippen molar-refractivity contribution < 1.29 is 4.74 Å². The maximum Gasteiger partial charge on any atom is 0.0975 e. The molecule has 4 heteroatoms. The molecule has 0 aliphatic carbocycles. The fourth-order valence-corrected chi connectivity index (χ4v) is 1.75. The Balaban J connectivity index is 0.000000980. The van der Waals surface area contributed by atoms with Gasteiger partial charge in [-0.1, -0.05) is 30.3 Å². The fraction of sp³-hybridized carbons (Fsp3) is 0.455. The highest BCUT2D eigenvalue weighted by Crippen LogP contribution is 2.22. The van der Waals surface area contributed by atoms with Gasteiger partial charge in [0.05, 0.1) is 12.7 Å². The van der Waals surface area contributed by atoms with Gasteiger partial charge < -0.3 is 10.1 Å². The number of hydrogen-bond donors (Lipinski definition) is 1. The van der Waals surface area contributed by atoms with Crippen LogP contribution in [-0.4, -0.2) is 19.2 Å². The van der Waals surface area contributed by atoms with Gasteiger partial charge in [0.15, 0.2) is 0 Å². The molecule has 0 radical (unpaired) electrons. The van der Waals surface area contributed by atoms with E-state index in [1.807, 2.05) is 6.07 Å². The van der Waals surface area contributed by atoms with Crippen molar-refractivity contribution in [2.45, 2.75) is 19.1 Å². The Morgan fingerprint density at radius 3 is 2.47 bits per heavy atom. The van der Waals surface area contributed by atoms with Gasteiger partial charge in [0.2, 0.25) is 0 Å². The highest BCUT2D eigenvalue weighted by atomic mass is 35.5. The topological polar surface area (TPSA) is 21.3 Å². The molecule has 2 atom stereocenters. The zero-order valence-electron chi connectivity index (χ0n) is 8.68. The molecule has 1 saturated heterocycles. The monoisotopic (exact) mass is 249 g/mol. The third-order valence-electron chi connectivity index (χ3n) is 2.45. The maximum absolute atomic E-state index is 5.71. The van der Waals surface area contributed by atoms with Gasteiger partial charge in [-0.05, 0) is 12.5 Å². The number of nitrogens with one attached hydrogen (secondary N) is 1. The predicted octanol–water partition coefficient (Wildman–Crippen LogP) is 2.58. The Hall–Kier alpha value is -0.280. The summed E-state index contributed by atoms with van der Waals surface area (Å²) in [5, 5.41) is 3.41. The SMILES string of the molecule is CC1NCCOC1c1ccccc1.Cl.Cl. The van der Waals surface area contributed by atoms with E-state index in [1.165, 1.54) is 5.56 Å². The van der Waals surface area contributed by atoms with E-state index in [2.05, 4.69) is 36.5 Å². The first-order chi connectivity index (χ1) is 6.38. The zero-order valence-corrected chi connectivity index (χ0v) is 10.3. The average molecular weight is 250 g/mol. The first kappa shape index (κ1) is 14.7. The molecule has 15 heavy (non-hydrogen) atoms. The van der Waals surface area contributed by atoms with E-state index in [0.29, 0.717) is 6.04 Å². The van der Waals surface area contributed by atoms with Gasteiger partial charge >= 0.3 is 0 Å². The van der Waals surface area contributed by atoms with Crippen molar-refractivity contribution in [2.75, 3.05) is 13.2 Å². The van der Waals surface area contributed by atoms with E-state index >= 15 is 0 Å². The fourth-order valence-electron chi connectivity index (χ4n) is 1.75. The van der Waals surface area contributed by atoms with Crippen molar-refractivity contribution >= 4 is 24.8 Å². The number of hydrogen-bond acceptors (Lipinski definition) is 2. The van der Waals surface area contributed by atoms with Crippen LogP contribution in [0.15, 0.2) is 30.3 Å². The molecular formula is C11H17Cl2NO. The van der Waals surface area contributed by atoms with Crippen molar-refractivity contribution in [3.05, 3.63) is 35.9 Å². The summed E-state index contributed by atoms with van der Waals surface area (Å²) < 4.78 is 5.71. The highest BCUT2D eigenvalue weighted by Gasteiger charge is 2.22. The Labute approximate surface area is 103 Å². The van der Waals surface area contributed by atoms with E-state index < -0.39 is 0 Å². The van der Waals surface area contributed by atoms with Crippen LogP contribution >= 0.6 is 24.8 Å². The van der Waals surface area contributed by atoms with Crippen molar-refractivity contribution in [2.24, 2.45) is 0 Å². The van der Waals surface area contributed by atoms with Crippen molar-refractivity contribution in [1.82, 2.24) is 5.32 Å². The van der Waals surface area contributed by atoms with Crippen LogP contribution in [0.3, 0.4) is 0 Å². The van der Waals surface area contributed by atoms with Gasteiger partial charge in [0.1, 0.15) is 0 Å². The summed E-state index contributed by atoms with van der Waals surface area (Å²) in [6.07, 6.45) is 0.218. The van der Waals surface area contributed by atoms with E-state index in [1.54, 1.807) is 0 Å². The predicted molar refractivity (Wildman–Crippen MR) is 67.1 cm³/mol.